The van der Waals surface area contributed by atoms with Crippen molar-refractivity contribution in [2.45, 2.75) is 30.7 Å². The van der Waals surface area contributed by atoms with Crippen molar-refractivity contribution in [3.63, 3.8) is 0 Å². The molecule has 1 fully saturated rings. The topological polar surface area (TPSA) is 49.4 Å². The summed E-state index contributed by atoms with van der Waals surface area (Å²) in [6.45, 7) is 2.98. The summed E-state index contributed by atoms with van der Waals surface area (Å²) in [6.07, 6.45) is 5.07. The third-order valence-corrected chi connectivity index (χ3v) is 5.58. The molecule has 4 nitrogen and oxygen atoms in total. The number of piperidine rings is 1. The lowest BCUT2D eigenvalue weighted by Gasteiger charge is -2.30. The highest BCUT2D eigenvalue weighted by molar-refractivity contribution is 7.90. The molecule has 0 bridgehead atoms. The van der Waals surface area contributed by atoms with Crippen LogP contribution in [-0.4, -0.2) is 27.8 Å². The molecule has 0 saturated carbocycles. The van der Waals surface area contributed by atoms with Crippen LogP contribution in [0.15, 0.2) is 53.4 Å². The first-order valence-electron chi connectivity index (χ1n) is 8.41. The fourth-order valence-corrected chi connectivity index (χ4v) is 3.75. The lowest BCUT2D eigenvalue weighted by Crippen LogP contribution is -2.30. The van der Waals surface area contributed by atoms with Crippen LogP contribution in [0.1, 0.15) is 24.8 Å². The molecule has 1 aliphatic heterocycles. The third kappa shape index (κ3) is 4.09. The molecule has 0 spiro atoms. The van der Waals surface area contributed by atoms with Crippen LogP contribution < -0.4 is 10.2 Å². The van der Waals surface area contributed by atoms with Gasteiger partial charge in [-0.1, -0.05) is 18.2 Å². The Labute approximate surface area is 144 Å². The lowest BCUT2D eigenvalue weighted by molar-refractivity contribution is 0.576. The molecule has 128 valence electrons. The first-order valence-corrected chi connectivity index (χ1v) is 10.3. The predicted octanol–water partition coefficient (Wildman–Crippen LogP) is 3.69. The molecule has 0 amide bonds. The number of hydrogen-bond acceptors (Lipinski definition) is 4. The van der Waals surface area contributed by atoms with Crippen LogP contribution in [0.5, 0.6) is 0 Å². The minimum absolute atomic E-state index is 0.349. The monoisotopic (exact) mass is 344 g/mol. The molecule has 1 aliphatic rings. The van der Waals surface area contributed by atoms with Gasteiger partial charge in [-0.05, 0) is 55.2 Å². The van der Waals surface area contributed by atoms with Crippen molar-refractivity contribution in [1.29, 1.82) is 0 Å². The maximum absolute atomic E-state index is 11.5. The van der Waals surface area contributed by atoms with Crippen molar-refractivity contribution >= 4 is 21.2 Å². The van der Waals surface area contributed by atoms with Crippen LogP contribution in [0, 0.1) is 0 Å². The zero-order valence-corrected chi connectivity index (χ0v) is 14.8. The van der Waals surface area contributed by atoms with E-state index in [9.17, 15) is 8.42 Å². The minimum Gasteiger partial charge on any atom is -0.381 e. The predicted molar refractivity (Wildman–Crippen MR) is 99.4 cm³/mol. The highest BCUT2D eigenvalue weighted by Crippen LogP contribution is 2.25. The van der Waals surface area contributed by atoms with Gasteiger partial charge in [-0.15, -0.1) is 0 Å². The summed E-state index contributed by atoms with van der Waals surface area (Å²) in [5.74, 6) is 0. The van der Waals surface area contributed by atoms with Crippen LogP contribution >= 0.6 is 0 Å². The fourth-order valence-electron chi connectivity index (χ4n) is 3.12. The summed E-state index contributed by atoms with van der Waals surface area (Å²) in [5, 5.41) is 3.40. The number of nitrogens with one attached hydrogen (secondary N) is 1. The number of para-hydroxylation sites is 1. The smallest absolute Gasteiger partial charge is 0.175 e. The Morgan fingerprint density at radius 3 is 2.29 bits per heavy atom. The number of benzene rings is 2. The van der Waals surface area contributed by atoms with Gasteiger partial charge in [0.2, 0.25) is 0 Å². The molecule has 0 aliphatic carbocycles. The van der Waals surface area contributed by atoms with Crippen LogP contribution in [0.25, 0.3) is 0 Å². The molecule has 5 heteroatoms. The largest absolute Gasteiger partial charge is 0.381 e. The summed E-state index contributed by atoms with van der Waals surface area (Å²) >= 11 is 0. The Bertz CT molecular complexity index is 779. The Morgan fingerprint density at radius 1 is 0.958 bits per heavy atom. The van der Waals surface area contributed by atoms with Gasteiger partial charge < -0.3 is 10.2 Å². The normalized spacial score (nSPS) is 15.3. The standard InChI is InChI=1S/C19H24N2O2S/c1-24(22,23)18-11-9-17(10-12-18)20-15-16-7-3-4-8-19(16)21-13-5-2-6-14-21/h3-4,7-12,20H,2,5-6,13-15H2,1H3. The van der Waals surface area contributed by atoms with Gasteiger partial charge in [-0.25, -0.2) is 8.42 Å². The molecule has 24 heavy (non-hydrogen) atoms. The summed E-state index contributed by atoms with van der Waals surface area (Å²) in [5.41, 5.74) is 3.50. The molecule has 0 radical (unpaired) electrons. The SMILES string of the molecule is CS(=O)(=O)c1ccc(NCc2ccccc2N2CCCCC2)cc1. The van der Waals surface area contributed by atoms with E-state index in [-0.39, 0.29) is 0 Å². The van der Waals surface area contributed by atoms with Gasteiger partial charge in [0.1, 0.15) is 0 Å². The Balaban J connectivity index is 1.70. The summed E-state index contributed by atoms with van der Waals surface area (Å²) in [7, 11) is -3.14. The van der Waals surface area contributed by atoms with E-state index in [0.717, 1.165) is 25.3 Å². The first-order chi connectivity index (χ1) is 11.5. The van der Waals surface area contributed by atoms with Crippen LogP contribution in [0.3, 0.4) is 0 Å². The van der Waals surface area contributed by atoms with E-state index in [1.54, 1.807) is 12.1 Å². The molecule has 3 rings (SSSR count). The van der Waals surface area contributed by atoms with Crippen molar-refractivity contribution in [3.05, 3.63) is 54.1 Å². The zero-order chi connectivity index (χ0) is 17.0. The zero-order valence-electron chi connectivity index (χ0n) is 14.0. The van der Waals surface area contributed by atoms with E-state index >= 15 is 0 Å². The number of nitrogens with zero attached hydrogens (tertiary/aromatic N) is 1. The fraction of sp³-hybridized carbons (Fsp3) is 0.368. The molecule has 1 saturated heterocycles. The maximum atomic E-state index is 11.5. The minimum atomic E-state index is -3.14. The van der Waals surface area contributed by atoms with Crippen molar-refractivity contribution in [3.8, 4) is 0 Å². The molecule has 2 aromatic rings. The number of rotatable bonds is 5. The van der Waals surface area contributed by atoms with E-state index in [4.69, 9.17) is 0 Å². The van der Waals surface area contributed by atoms with Gasteiger partial charge in [-0.3, -0.25) is 0 Å². The Hall–Kier alpha value is -2.01. The second-order valence-corrected chi connectivity index (χ2v) is 8.34. The van der Waals surface area contributed by atoms with Crippen molar-refractivity contribution < 1.29 is 8.42 Å². The Kier molecular flexibility index (Phi) is 5.09. The van der Waals surface area contributed by atoms with Crippen molar-refractivity contribution in [2.24, 2.45) is 0 Å². The van der Waals surface area contributed by atoms with Gasteiger partial charge in [0, 0.05) is 37.3 Å². The van der Waals surface area contributed by atoms with Gasteiger partial charge in [0.05, 0.1) is 4.90 Å². The number of anilines is 2. The molecule has 0 aromatic heterocycles. The summed E-state index contributed by atoms with van der Waals surface area (Å²) in [4.78, 5) is 2.81. The molecular formula is C19H24N2O2S. The average Bonchev–Trinajstić information content (AvgIpc) is 2.60. The third-order valence-electron chi connectivity index (χ3n) is 4.45. The van der Waals surface area contributed by atoms with Gasteiger partial charge >= 0.3 is 0 Å². The van der Waals surface area contributed by atoms with Gasteiger partial charge in [-0.2, -0.15) is 0 Å². The second kappa shape index (κ2) is 7.26. The van der Waals surface area contributed by atoms with E-state index < -0.39 is 9.84 Å². The van der Waals surface area contributed by atoms with Crippen molar-refractivity contribution in [2.75, 3.05) is 29.6 Å². The highest BCUT2D eigenvalue weighted by Gasteiger charge is 2.14. The molecule has 1 N–H and O–H groups in total. The summed E-state index contributed by atoms with van der Waals surface area (Å²) < 4.78 is 23.0. The quantitative estimate of drug-likeness (QED) is 0.899. The van der Waals surface area contributed by atoms with Gasteiger partial charge in [0.15, 0.2) is 9.84 Å². The maximum Gasteiger partial charge on any atom is 0.175 e. The van der Waals surface area contributed by atoms with E-state index in [2.05, 4.69) is 34.5 Å². The lowest BCUT2D eigenvalue weighted by atomic mass is 10.1. The number of sulfone groups is 1. The molecule has 1 heterocycles. The average molecular weight is 344 g/mol. The van der Waals surface area contributed by atoms with Crippen LogP contribution in [0.4, 0.5) is 11.4 Å². The summed E-state index contributed by atoms with van der Waals surface area (Å²) in [6, 6.07) is 15.4. The Morgan fingerprint density at radius 2 is 1.62 bits per heavy atom. The molecule has 2 aromatic carbocycles. The van der Waals surface area contributed by atoms with Crippen molar-refractivity contribution in [1.82, 2.24) is 0 Å². The first kappa shape index (κ1) is 16.8. The van der Waals surface area contributed by atoms with E-state index in [1.165, 1.54) is 36.8 Å². The molecule has 0 unspecified atom stereocenters. The molecule has 0 atom stereocenters. The molecular weight excluding hydrogens is 320 g/mol. The highest BCUT2D eigenvalue weighted by atomic mass is 32.2. The van der Waals surface area contributed by atoms with Crippen LogP contribution in [0.2, 0.25) is 0 Å². The van der Waals surface area contributed by atoms with Gasteiger partial charge in [0.25, 0.3) is 0 Å². The van der Waals surface area contributed by atoms with Crippen LogP contribution in [-0.2, 0) is 16.4 Å². The van der Waals surface area contributed by atoms with E-state index in [0.29, 0.717) is 4.90 Å². The van der Waals surface area contributed by atoms with E-state index in [1.807, 2.05) is 12.1 Å². The second-order valence-electron chi connectivity index (χ2n) is 6.33. The number of hydrogen-bond donors (Lipinski definition) is 1.